The van der Waals surface area contributed by atoms with E-state index < -0.39 is 39.0 Å². The minimum Gasteiger partial charge on any atom is -0.326 e. The second-order valence-electron chi connectivity index (χ2n) is 4.07. The van der Waals surface area contributed by atoms with E-state index in [4.69, 9.17) is 0 Å². The van der Waals surface area contributed by atoms with E-state index in [1.54, 1.807) is 0 Å². The Labute approximate surface area is 122 Å². The van der Waals surface area contributed by atoms with Crippen LogP contribution in [0.5, 0.6) is 0 Å². The first kappa shape index (κ1) is 18.4. The van der Waals surface area contributed by atoms with Crippen LogP contribution in [0.3, 0.4) is 0 Å². The second-order valence-corrected chi connectivity index (χ2v) is 5.59. The second kappa shape index (κ2) is 5.86. The van der Waals surface area contributed by atoms with E-state index in [1.165, 1.54) is 0 Å². The summed E-state index contributed by atoms with van der Waals surface area (Å²) in [5, 5.41) is -3.78. The van der Waals surface area contributed by atoms with Crippen molar-refractivity contribution in [2.75, 3.05) is 5.32 Å². The Morgan fingerprint density at radius 3 is 2.09 bits per heavy atom. The zero-order chi connectivity index (χ0) is 17.3. The average Bonchev–Trinajstić information content (AvgIpc) is 2.35. The first-order chi connectivity index (χ1) is 9.80. The Morgan fingerprint density at radius 1 is 1.09 bits per heavy atom. The molecule has 3 nitrogen and oxygen atoms in total. The molecular weight excluding hydrogens is 343 g/mol. The number of halogens is 7. The van der Waals surface area contributed by atoms with Crippen LogP contribution in [-0.4, -0.2) is 27.5 Å². The van der Waals surface area contributed by atoms with Crippen molar-refractivity contribution in [3.63, 3.8) is 0 Å². The van der Waals surface area contributed by atoms with Gasteiger partial charge in [-0.1, -0.05) is 6.07 Å². The molecule has 0 fully saturated rings. The largest absolute Gasteiger partial charge is 0.461 e. The van der Waals surface area contributed by atoms with Crippen LogP contribution in [0.1, 0.15) is 6.92 Å². The fourth-order valence-electron chi connectivity index (χ4n) is 1.32. The van der Waals surface area contributed by atoms with Crippen LogP contribution in [0.2, 0.25) is 0 Å². The number of carbonyl (C=O) groups excluding carboxylic acids is 1. The number of nitrogens with one attached hydrogen (secondary N) is 1. The van der Waals surface area contributed by atoms with Gasteiger partial charge < -0.3 is 5.32 Å². The summed E-state index contributed by atoms with van der Waals surface area (Å²) < 4.78 is 99.8. The summed E-state index contributed by atoms with van der Waals surface area (Å²) in [4.78, 5) is 9.79. The Hall–Kier alpha value is -1.65. The molecule has 1 N–H and O–H groups in total. The molecule has 1 aromatic carbocycles. The lowest BCUT2D eigenvalue weighted by molar-refractivity contribution is -0.331. The lowest BCUT2D eigenvalue weighted by Gasteiger charge is -2.27. The van der Waals surface area contributed by atoms with E-state index >= 15 is 0 Å². The standard InChI is InChI=1S/C11H8F7NO2S/c1-6(20)19-7-3-2-4-8(5-7)22(21)11(17,18)9(12,13)10(14,15)16/h2-5H,1H3,(H,19,20)/t22-/m1/s1. The van der Waals surface area contributed by atoms with Crippen LogP contribution in [-0.2, 0) is 15.6 Å². The maximum atomic E-state index is 13.3. The van der Waals surface area contributed by atoms with Crippen molar-refractivity contribution in [1.29, 1.82) is 0 Å². The van der Waals surface area contributed by atoms with Gasteiger partial charge in [-0.2, -0.15) is 30.7 Å². The summed E-state index contributed by atoms with van der Waals surface area (Å²) in [6.45, 7) is 1.05. The van der Waals surface area contributed by atoms with Gasteiger partial charge in [-0.05, 0) is 18.2 Å². The normalized spacial score (nSPS) is 14.5. The molecule has 0 aliphatic heterocycles. The monoisotopic (exact) mass is 351 g/mol. The first-order valence-electron chi connectivity index (χ1n) is 5.42. The van der Waals surface area contributed by atoms with Crippen LogP contribution in [0, 0.1) is 0 Å². The molecule has 0 aliphatic carbocycles. The van der Waals surface area contributed by atoms with Crippen molar-refractivity contribution in [2.24, 2.45) is 0 Å². The number of benzene rings is 1. The van der Waals surface area contributed by atoms with Gasteiger partial charge in [-0.25, -0.2) is 4.21 Å². The third kappa shape index (κ3) is 3.39. The van der Waals surface area contributed by atoms with E-state index in [9.17, 15) is 39.7 Å². The highest BCUT2D eigenvalue weighted by Gasteiger charge is 2.75. The topological polar surface area (TPSA) is 46.2 Å². The highest BCUT2D eigenvalue weighted by atomic mass is 32.2. The molecule has 0 bridgehead atoms. The molecule has 1 rings (SSSR count). The Morgan fingerprint density at radius 2 is 1.64 bits per heavy atom. The molecule has 0 aromatic heterocycles. The SMILES string of the molecule is CC(=O)Nc1cccc([S@@](=O)C(F)(F)C(F)(F)C(F)(F)F)c1. The smallest absolute Gasteiger partial charge is 0.326 e. The number of hydrogen-bond donors (Lipinski definition) is 1. The van der Waals surface area contributed by atoms with Crippen molar-refractivity contribution in [3.05, 3.63) is 24.3 Å². The third-order valence-electron chi connectivity index (χ3n) is 2.32. The lowest BCUT2D eigenvalue weighted by atomic mass is 10.3. The number of amides is 1. The number of carbonyl (C=O) groups is 1. The Kier molecular flexibility index (Phi) is 4.90. The van der Waals surface area contributed by atoms with Crippen LogP contribution >= 0.6 is 0 Å². The maximum Gasteiger partial charge on any atom is 0.461 e. The molecule has 0 radical (unpaired) electrons. The van der Waals surface area contributed by atoms with Crippen LogP contribution < -0.4 is 5.32 Å². The molecule has 1 atom stereocenters. The molecule has 1 aromatic rings. The molecule has 0 saturated heterocycles. The van der Waals surface area contributed by atoms with Gasteiger partial charge >= 0.3 is 17.4 Å². The third-order valence-corrected chi connectivity index (χ3v) is 3.73. The number of anilines is 1. The zero-order valence-corrected chi connectivity index (χ0v) is 11.5. The highest BCUT2D eigenvalue weighted by Crippen LogP contribution is 2.49. The summed E-state index contributed by atoms with van der Waals surface area (Å²) in [5.74, 6) is -7.12. The zero-order valence-electron chi connectivity index (χ0n) is 10.7. The molecule has 0 aliphatic rings. The van der Waals surface area contributed by atoms with Gasteiger partial charge in [0.15, 0.2) is 0 Å². The number of hydrogen-bond acceptors (Lipinski definition) is 2. The predicted octanol–water partition coefficient (Wildman–Crippen LogP) is 3.54. The molecule has 11 heteroatoms. The van der Waals surface area contributed by atoms with Gasteiger partial charge in [0.25, 0.3) is 0 Å². The quantitative estimate of drug-likeness (QED) is 0.844. The van der Waals surface area contributed by atoms with E-state index in [0.717, 1.165) is 19.1 Å². The van der Waals surface area contributed by atoms with E-state index in [2.05, 4.69) is 5.32 Å². The average molecular weight is 351 g/mol. The van der Waals surface area contributed by atoms with Gasteiger partial charge in [0.1, 0.15) is 10.8 Å². The highest BCUT2D eigenvalue weighted by molar-refractivity contribution is 7.86. The number of rotatable bonds is 4. The van der Waals surface area contributed by atoms with Crippen molar-refractivity contribution in [3.8, 4) is 0 Å². The summed E-state index contributed by atoms with van der Waals surface area (Å²) >= 11 is 0. The van der Waals surface area contributed by atoms with Crippen molar-refractivity contribution < 1.29 is 39.7 Å². The van der Waals surface area contributed by atoms with Gasteiger partial charge in [-0.3, -0.25) is 4.79 Å². The van der Waals surface area contributed by atoms with Gasteiger partial charge in [0, 0.05) is 17.5 Å². The first-order valence-corrected chi connectivity index (χ1v) is 6.57. The van der Waals surface area contributed by atoms with Crippen molar-refractivity contribution in [1.82, 2.24) is 0 Å². The lowest BCUT2D eigenvalue weighted by Crippen LogP contribution is -2.54. The maximum absolute atomic E-state index is 13.3. The molecule has 0 saturated carbocycles. The Bertz CT molecular complexity index is 600. The van der Waals surface area contributed by atoms with Crippen LogP contribution in [0.4, 0.5) is 36.4 Å². The van der Waals surface area contributed by atoms with E-state index in [0.29, 0.717) is 12.1 Å². The van der Waals surface area contributed by atoms with Crippen LogP contribution in [0.15, 0.2) is 29.2 Å². The summed E-state index contributed by atoms with van der Waals surface area (Å²) in [5.41, 5.74) is -0.176. The van der Waals surface area contributed by atoms with Gasteiger partial charge in [0.05, 0.1) is 0 Å². The summed E-state index contributed by atoms with van der Waals surface area (Å²) in [7, 11) is -3.99. The molecule has 124 valence electrons. The minimum atomic E-state index is -6.57. The molecule has 22 heavy (non-hydrogen) atoms. The summed E-state index contributed by atoms with van der Waals surface area (Å²) in [6, 6.07) is 3.43. The molecule has 0 heterocycles. The van der Waals surface area contributed by atoms with Crippen molar-refractivity contribution >= 4 is 22.4 Å². The van der Waals surface area contributed by atoms with E-state index in [-0.39, 0.29) is 5.69 Å². The summed E-state index contributed by atoms with van der Waals surface area (Å²) in [6.07, 6.45) is -6.57. The molecular formula is C11H8F7NO2S. The predicted molar refractivity (Wildman–Crippen MR) is 63.1 cm³/mol. The minimum absolute atomic E-state index is 0.176. The molecule has 0 unspecified atom stereocenters. The molecule has 1 amide bonds. The Balaban J connectivity index is 3.22. The fraction of sp³-hybridized carbons (Fsp3) is 0.364. The van der Waals surface area contributed by atoms with Crippen LogP contribution in [0.25, 0.3) is 0 Å². The van der Waals surface area contributed by atoms with E-state index in [1.807, 2.05) is 0 Å². The molecule has 0 spiro atoms. The fourth-order valence-corrected chi connectivity index (χ4v) is 2.40. The van der Waals surface area contributed by atoms with Crippen molar-refractivity contribution in [2.45, 2.75) is 29.2 Å². The van der Waals surface area contributed by atoms with Gasteiger partial charge in [0.2, 0.25) is 5.91 Å². The number of alkyl halides is 7. The van der Waals surface area contributed by atoms with Gasteiger partial charge in [-0.15, -0.1) is 0 Å².